The van der Waals surface area contributed by atoms with Gasteiger partial charge in [0, 0.05) is 20.7 Å². The maximum Gasteiger partial charge on any atom is 0.357 e. The first kappa shape index (κ1) is 28.0. The van der Waals surface area contributed by atoms with Gasteiger partial charge in [-0.3, -0.25) is 0 Å². The number of benzene rings is 2. The molecule has 37 heavy (non-hydrogen) atoms. The Morgan fingerprint density at radius 2 is 1.22 bits per heavy atom. The highest BCUT2D eigenvalue weighted by atomic mass is 79.9. The Hall–Kier alpha value is -3.57. The topological polar surface area (TPSA) is 118 Å². The van der Waals surface area contributed by atoms with Crippen LogP contribution in [0.1, 0.15) is 60.2 Å². The number of ether oxygens (including phenoxy) is 4. The monoisotopic (exact) mass is 633 g/mol. The smallest absolute Gasteiger partial charge is 0.357 e. The van der Waals surface area contributed by atoms with Crippen LogP contribution in [-0.4, -0.2) is 49.2 Å². The molecule has 0 aliphatic heterocycles. The Balaban J connectivity index is 2.00. The highest BCUT2D eigenvalue weighted by Gasteiger charge is 2.31. The van der Waals surface area contributed by atoms with Gasteiger partial charge in [0.2, 0.25) is 0 Å². The maximum atomic E-state index is 13.0. The number of hydrogen-bond donors (Lipinski definition) is 0. The predicted octanol–water partition coefficient (Wildman–Crippen LogP) is 5.32. The minimum atomic E-state index is -1.20. The van der Waals surface area contributed by atoms with Crippen molar-refractivity contribution in [2.24, 2.45) is 0 Å². The summed E-state index contributed by atoms with van der Waals surface area (Å²) < 4.78 is 22.3. The highest BCUT2D eigenvalue weighted by molar-refractivity contribution is 9.10. The van der Waals surface area contributed by atoms with E-state index in [1.54, 1.807) is 48.5 Å². The van der Waals surface area contributed by atoms with Gasteiger partial charge >= 0.3 is 23.9 Å². The van der Waals surface area contributed by atoms with Crippen molar-refractivity contribution in [2.45, 2.75) is 19.1 Å². The van der Waals surface area contributed by atoms with Crippen molar-refractivity contribution < 1.29 is 38.1 Å². The molecule has 0 N–H and O–H groups in total. The van der Waals surface area contributed by atoms with Gasteiger partial charge in [-0.1, -0.05) is 31.9 Å². The minimum Gasteiger partial charge on any atom is -0.465 e. The van der Waals surface area contributed by atoms with Crippen LogP contribution in [0.3, 0.4) is 0 Å². The number of rotatable bonds is 8. The van der Waals surface area contributed by atoms with Gasteiger partial charge in [-0.05, 0) is 61.5 Å². The number of methoxy groups -OCH3 is 2. The average Bonchev–Trinajstić information content (AvgIpc) is 2.90. The van der Waals surface area contributed by atoms with Crippen molar-refractivity contribution in [3.05, 3.63) is 97.7 Å². The molecule has 9 nitrogen and oxygen atoms in total. The second-order valence-electron chi connectivity index (χ2n) is 7.60. The van der Waals surface area contributed by atoms with E-state index in [0.29, 0.717) is 0 Å². The first-order valence-electron chi connectivity index (χ1n) is 10.7. The van der Waals surface area contributed by atoms with Crippen LogP contribution in [0, 0.1) is 0 Å². The molecule has 11 heteroatoms. The summed E-state index contributed by atoms with van der Waals surface area (Å²) in [5.74, 6) is -3.07. The lowest BCUT2D eigenvalue weighted by Gasteiger charge is -2.25. The summed E-state index contributed by atoms with van der Waals surface area (Å²) in [6.07, 6.45) is -0.979. The van der Waals surface area contributed by atoms with Crippen molar-refractivity contribution in [3.63, 3.8) is 0 Å². The van der Waals surface area contributed by atoms with Crippen molar-refractivity contribution in [2.75, 3.05) is 14.2 Å². The van der Waals surface area contributed by atoms with Crippen molar-refractivity contribution in [1.29, 1.82) is 0 Å². The van der Waals surface area contributed by atoms with Gasteiger partial charge < -0.3 is 18.9 Å². The van der Waals surface area contributed by atoms with Crippen LogP contribution in [-0.2, 0) is 18.9 Å². The molecule has 0 saturated heterocycles. The van der Waals surface area contributed by atoms with Crippen molar-refractivity contribution >= 4 is 55.7 Å². The number of halogens is 2. The van der Waals surface area contributed by atoms with Crippen LogP contribution in [0.4, 0.5) is 0 Å². The summed E-state index contributed by atoms with van der Waals surface area (Å²) in [5.41, 5.74) is 0.225. The van der Waals surface area contributed by atoms with Gasteiger partial charge in [0.1, 0.15) is 6.10 Å². The number of aromatic nitrogens is 1. The van der Waals surface area contributed by atoms with E-state index in [-0.39, 0.29) is 27.9 Å². The largest absolute Gasteiger partial charge is 0.465 e. The molecule has 0 radical (unpaired) electrons. The summed E-state index contributed by atoms with van der Waals surface area (Å²) in [6.45, 7) is 1.53. The van der Waals surface area contributed by atoms with Crippen LogP contribution in [0.5, 0.6) is 0 Å². The summed E-state index contributed by atoms with van der Waals surface area (Å²) in [7, 11) is 2.29. The van der Waals surface area contributed by atoms with Crippen molar-refractivity contribution in [3.8, 4) is 0 Å². The molecule has 0 aliphatic carbocycles. The molecule has 0 fully saturated rings. The summed E-state index contributed by atoms with van der Waals surface area (Å²) in [4.78, 5) is 54.3. The van der Waals surface area contributed by atoms with Crippen LogP contribution >= 0.6 is 31.9 Å². The summed E-state index contributed by atoms with van der Waals surface area (Å²) in [5, 5.41) is 0. The highest BCUT2D eigenvalue weighted by Crippen LogP contribution is 2.28. The summed E-state index contributed by atoms with van der Waals surface area (Å²) >= 11 is 6.62. The maximum absolute atomic E-state index is 13.0. The molecular formula is C26H21Br2NO8. The third-order valence-electron chi connectivity index (χ3n) is 5.13. The zero-order chi connectivity index (χ0) is 27.1. The molecule has 0 aliphatic rings. The first-order valence-corrected chi connectivity index (χ1v) is 12.3. The zero-order valence-electron chi connectivity index (χ0n) is 19.9. The van der Waals surface area contributed by atoms with Gasteiger partial charge in [0.25, 0.3) is 0 Å². The van der Waals surface area contributed by atoms with Crippen LogP contribution in [0.2, 0.25) is 0 Å². The van der Waals surface area contributed by atoms with Gasteiger partial charge in [0.05, 0.1) is 30.9 Å². The lowest BCUT2D eigenvalue weighted by Crippen LogP contribution is -2.28. The molecule has 1 aromatic heterocycles. The molecule has 192 valence electrons. The predicted molar refractivity (Wildman–Crippen MR) is 138 cm³/mol. The van der Waals surface area contributed by atoms with Gasteiger partial charge in [-0.2, -0.15) is 0 Å². The number of carbonyl (C=O) groups excluding carboxylic acids is 4. The first-order chi connectivity index (χ1) is 17.6. The second kappa shape index (κ2) is 12.6. The molecular weight excluding hydrogens is 614 g/mol. The van der Waals surface area contributed by atoms with E-state index in [1.807, 2.05) is 0 Å². The lowest BCUT2D eigenvalue weighted by atomic mass is 10.0. The van der Waals surface area contributed by atoms with Gasteiger partial charge in [0.15, 0.2) is 11.8 Å². The number of carbonyl (C=O) groups is 4. The fourth-order valence-electron chi connectivity index (χ4n) is 3.25. The fourth-order valence-corrected chi connectivity index (χ4v) is 3.78. The Bertz CT molecular complexity index is 1310. The number of hydrogen-bond acceptors (Lipinski definition) is 9. The Kier molecular flexibility index (Phi) is 9.54. The van der Waals surface area contributed by atoms with Crippen LogP contribution in [0.25, 0.3) is 0 Å². The van der Waals surface area contributed by atoms with E-state index in [1.165, 1.54) is 19.2 Å². The SMILES string of the molecule is COC(=O)c1cc(C(OC(=O)c2ccc(Br)cc2)C(C)OC(=O)c2ccc(Br)cc2)cnc1C(=O)OC. The lowest BCUT2D eigenvalue weighted by molar-refractivity contribution is -0.0313. The van der Waals surface area contributed by atoms with Crippen molar-refractivity contribution in [1.82, 2.24) is 4.98 Å². The molecule has 0 bridgehead atoms. The van der Waals surface area contributed by atoms with E-state index >= 15 is 0 Å². The average molecular weight is 635 g/mol. The van der Waals surface area contributed by atoms with Crippen LogP contribution < -0.4 is 0 Å². The third-order valence-corrected chi connectivity index (χ3v) is 6.19. The third kappa shape index (κ3) is 7.01. The molecule has 0 amide bonds. The molecule has 1 heterocycles. The van der Waals surface area contributed by atoms with E-state index in [9.17, 15) is 19.2 Å². The van der Waals surface area contributed by atoms with E-state index in [2.05, 4.69) is 36.8 Å². The fraction of sp³-hybridized carbons (Fsp3) is 0.192. The van der Waals surface area contributed by atoms with Gasteiger partial charge in [-0.25, -0.2) is 24.2 Å². The Labute approximate surface area is 229 Å². The molecule has 2 unspecified atom stereocenters. The number of pyridine rings is 1. The normalized spacial score (nSPS) is 12.1. The molecule has 3 aromatic rings. The van der Waals surface area contributed by atoms with Gasteiger partial charge in [-0.15, -0.1) is 0 Å². The molecule has 0 saturated carbocycles. The molecule has 0 spiro atoms. The van der Waals surface area contributed by atoms with E-state index in [0.717, 1.165) is 23.2 Å². The number of esters is 4. The van der Waals surface area contributed by atoms with E-state index in [4.69, 9.17) is 18.9 Å². The summed E-state index contributed by atoms with van der Waals surface area (Å²) in [6, 6.07) is 14.3. The molecule has 2 atom stereocenters. The zero-order valence-corrected chi connectivity index (χ0v) is 23.1. The van der Waals surface area contributed by atoms with E-state index < -0.39 is 36.1 Å². The standard InChI is InChI=1S/C26H21Br2NO8/c1-14(36-23(30)15-4-8-18(27)9-5-15)22(37-24(31)16-6-10-19(28)11-7-16)17-12-20(25(32)34-2)21(29-13-17)26(33)35-3/h4-14,22H,1-3H3. The second-order valence-corrected chi connectivity index (χ2v) is 9.43. The Morgan fingerprint density at radius 3 is 1.70 bits per heavy atom. The quantitative estimate of drug-likeness (QED) is 0.239. The minimum absolute atomic E-state index is 0.189. The molecule has 2 aromatic carbocycles. The number of nitrogens with zero attached hydrogens (tertiary/aromatic N) is 1. The molecule has 3 rings (SSSR count). The van der Waals surface area contributed by atoms with Crippen LogP contribution in [0.15, 0.2) is 69.7 Å². The Morgan fingerprint density at radius 1 is 0.730 bits per heavy atom.